The molecule has 0 radical (unpaired) electrons. The summed E-state index contributed by atoms with van der Waals surface area (Å²) in [5.74, 6) is 0.542. The summed E-state index contributed by atoms with van der Waals surface area (Å²) in [4.78, 5) is 0. The van der Waals surface area contributed by atoms with E-state index >= 15 is 0 Å². The fourth-order valence-electron chi connectivity index (χ4n) is 2.04. The first-order valence-electron chi connectivity index (χ1n) is 6.22. The monoisotopic (exact) mass is 275 g/mol. The number of ether oxygens (including phenoxy) is 2. The highest BCUT2D eigenvalue weighted by Crippen LogP contribution is 2.26. The highest BCUT2D eigenvalue weighted by molar-refractivity contribution is 5.33. The third kappa shape index (κ3) is 4.98. The molecule has 1 heterocycles. The van der Waals surface area contributed by atoms with Crippen molar-refractivity contribution in [2.75, 3.05) is 19.7 Å². The molecular weight excluding hydrogens is 259 g/mol. The van der Waals surface area contributed by atoms with Crippen LogP contribution in [-0.2, 0) is 0 Å². The summed E-state index contributed by atoms with van der Waals surface area (Å²) in [7, 11) is 0. The molecule has 6 heteroatoms. The number of hydrogen-bond acceptors (Lipinski definition) is 3. The first kappa shape index (κ1) is 14.0. The lowest BCUT2D eigenvalue weighted by Gasteiger charge is -2.22. The molecule has 1 aromatic rings. The van der Waals surface area contributed by atoms with Gasteiger partial charge >= 0.3 is 6.36 Å². The zero-order valence-corrected chi connectivity index (χ0v) is 10.4. The number of benzene rings is 1. The highest BCUT2D eigenvalue weighted by atomic mass is 19.4. The third-order valence-electron chi connectivity index (χ3n) is 2.92. The van der Waals surface area contributed by atoms with Gasteiger partial charge in [-0.2, -0.15) is 0 Å². The second kappa shape index (κ2) is 6.14. The molecule has 3 nitrogen and oxygen atoms in total. The molecule has 1 aromatic carbocycles. The number of halogens is 3. The van der Waals surface area contributed by atoms with Crippen LogP contribution in [0.4, 0.5) is 13.2 Å². The predicted octanol–water partition coefficient (Wildman–Crippen LogP) is 2.96. The average Bonchev–Trinajstić information content (AvgIpc) is 2.36. The lowest BCUT2D eigenvalue weighted by atomic mass is 10.0. The van der Waals surface area contributed by atoms with Crippen molar-refractivity contribution in [3.63, 3.8) is 0 Å². The Morgan fingerprint density at radius 2 is 2.05 bits per heavy atom. The number of nitrogens with one attached hydrogen (secondary N) is 1. The van der Waals surface area contributed by atoms with Gasteiger partial charge in [0.25, 0.3) is 0 Å². The van der Waals surface area contributed by atoms with Crippen molar-refractivity contribution in [2.24, 2.45) is 5.92 Å². The van der Waals surface area contributed by atoms with Gasteiger partial charge in [-0.15, -0.1) is 13.2 Å². The van der Waals surface area contributed by atoms with Crippen molar-refractivity contribution in [1.29, 1.82) is 0 Å². The van der Waals surface area contributed by atoms with E-state index in [0.717, 1.165) is 25.9 Å². The van der Waals surface area contributed by atoms with Crippen LogP contribution < -0.4 is 14.8 Å². The molecule has 1 atom stereocenters. The van der Waals surface area contributed by atoms with Crippen molar-refractivity contribution < 1.29 is 22.6 Å². The van der Waals surface area contributed by atoms with Crippen LogP contribution in [0, 0.1) is 5.92 Å². The number of hydrogen-bond donors (Lipinski definition) is 1. The SMILES string of the molecule is FC(F)(F)Oc1cccc(OCC2CCCNC2)c1. The predicted molar refractivity (Wildman–Crippen MR) is 64.2 cm³/mol. The van der Waals surface area contributed by atoms with Crippen molar-refractivity contribution in [1.82, 2.24) is 5.32 Å². The summed E-state index contributed by atoms with van der Waals surface area (Å²) in [5.41, 5.74) is 0. The second-order valence-electron chi connectivity index (χ2n) is 4.55. The van der Waals surface area contributed by atoms with Gasteiger partial charge in [0.1, 0.15) is 11.5 Å². The minimum absolute atomic E-state index is 0.258. The van der Waals surface area contributed by atoms with E-state index in [0.29, 0.717) is 18.3 Å². The maximum absolute atomic E-state index is 12.1. The van der Waals surface area contributed by atoms with E-state index in [1.807, 2.05) is 0 Å². The first-order chi connectivity index (χ1) is 9.03. The normalized spacial score (nSPS) is 20.1. The van der Waals surface area contributed by atoms with Gasteiger partial charge < -0.3 is 14.8 Å². The molecule has 1 unspecified atom stereocenters. The maximum atomic E-state index is 12.1. The van der Waals surface area contributed by atoms with Crippen LogP contribution in [0.3, 0.4) is 0 Å². The van der Waals surface area contributed by atoms with E-state index in [1.165, 1.54) is 18.2 Å². The Morgan fingerprint density at radius 3 is 2.74 bits per heavy atom. The van der Waals surface area contributed by atoms with Crippen LogP contribution in [0.2, 0.25) is 0 Å². The minimum atomic E-state index is -4.67. The summed E-state index contributed by atoms with van der Waals surface area (Å²) in [6.45, 7) is 2.41. The molecule has 0 spiro atoms. The standard InChI is InChI=1S/C13H16F3NO2/c14-13(15,16)19-12-5-1-4-11(7-12)18-9-10-3-2-6-17-8-10/h1,4-5,7,10,17H,2-3,6,8-9H2. The van der Waals surface area contributed by atoms with Gasteiger partial charge in [0.2, 0.25) is 0 Å². The highest BCUT2D eigenvalue weighted by Gasteiger charge is 2.31. The molecule has 0 bridgehead atoms. The van der Waals surface area contributed by atoms with Crippen molar-refractivity contribution in [2.45, 2.75) is 19.2 Å². The molecular formula is C13H16F3NO2. The largest absolute Gasteiger partial charge is 0.573 e. The van der Waals surface area contributed by atoms with Crippen LogP contribution in [0.5, 0.6) is 11.5 Å². The van der Waals surface area contributed by atoms with Gasteiger partial charge in [-0.1, -0.05) is 6.07 Å². The summed E-state index contributed by atoms with van der Waals surface area (Å²) in [5, 5.41) is 3.26. The fraction of sp³-hybridized carbons (Fsp3) is 0.538. The molecule has 1 N–H and O–H groups in total. The molecule has 1 fully saturated rings. The Hall–Kier alpha value is -1.43. The van der Waals surface area contributed by atoms with Gasteiger partial charge in [0, 0.05) is 18.5 Å². The average molecular weight is 275 g/mol. The zero-order chi connectivity index (χ0) is 13.7. The van der Waals surface area contributed by atoms with Crippen LogP contribution in [0.15, 0.2) is 24.3 Å². The molecule has 1 aliphatic rings. The van der Waals surface area contributed by atoms with Gasteiger partial charge in [-0.05, 0) is 31.5 Å². The topological polar surface area (TPSA) is 30.5 Å². The zero-order valence-electron chi connectivity index (χ0n) is 10.4. The van der Waals surface area contributed by atoms with Crippen LogP contribution in [0.1, 0.15) is 12.8 Å². The van der Waals surface area contributed by atoms with Gasteiger partial charge in [-0.3, -0.25) is 0 Å². The molecule has 1 saturated heterocycles. The molecule has 0 amide bonds. The van der Waals surface area contributed by atoms with Gasteiger partial charge in [0.05, 0.1) is 6.61 Å². The Kier molecular flexibility index (Phi) is 4.52. The van der Waals surface area contributed by atoms with Crippen molar-refractivity contribution in [3.05, 3.63) is 24.3 Å². The lowest BCUT2D eigenvalue weighted by molar-refractivity contribution is -0.274. The van der Waals surface area contributed by atoms with E-state index < -0.39 is 6.36 Å². The van der Waals surface area contributed by atoms with Crippen LogP contribution in [0.25, 0.3) is 0 Å². The molecule has 1 aliphatic heterocycles. The number of rotatable bonds is 4. The smallest absolute Gasteiger partial charge is 0.493 e. The summed E-state index contributed by atoms with van der Waals surface area (Å²) < 4.78 is 45.6. The van der Waals surface area contributed by atoms with Crippen LogP contribution >= 0.6 is 0 Å². The first-order valence-corrected chi connectivity index (χ1v) is 6.22. The maximum Gasteiger partial charge on any atom is 0.573 e. The lowest BCUT2D eigenvalue weighted by Crippen LogP contribution is -2.33. The quantitative estimate of drug-likeness (QED) is 0.916. The summed E-state index contributed by atoms with van der Waals surface area (Å²) in [6.07, 6.45) is -2.50. The molecule has 0 aliphatic carbocycles. The number of piperidine rings is 1. The number of alkyl halides is 3. The molecule has 19 heavy (non-hydrogen) atoms. The summed E-state index contributed by atoms with van der Waals surface area (Å²) >= 11 is 0. The molecule has 106 valence electrons. The van der Waals surface area contributed by atoms with Gasteiger partial charge in [0.15, 0.2) is 0 Å². The van der Waals surface area contributed by atoms with E-state index in [2.05, 4.69) is 10.1 Å². The van der Waals surface area contributed by atoms with Gasteiger partial charge in [-0.25, -0.2) is 0 Å². The van der Waals surface area contributed by atoms with E-state index in [9.17, 15) is 13.2 Å². The minimum Gasteiger partial charge on any atom is -0.493 e. The van der Waals surface area contributed by atoms with Crippen LogP contribution in [-0.4, -0.2) is 26.1 Å². The Morgan fingerprint density at radius 1 is 1.26 bits per heavy atom. The Balaban J connectivity index is 1.87. The molecule has 2 rings (SSSR count). The Labute approximate surface area is 109 Å². The van der Waals surface area contributed by atoms with E-state index in [4.69, 9.17) is 4.74 Å². The van der Waals surface area contributed by atoms with Crippen molar-refractivity contribution in [3.8, 4) is 11.5 Å². The fourth-order valence-corrected chi connectivity index (χ4v) is 2.04. The van der Waals surface area contributed by atoms with Crippen molar-refractivity contribution >= 4 is 0 Å². The molecule has 0 aromatic heterocycles. The third-order valence-corrected chi connectivity index (χ3v) is 2.92. The second-order valence-corrected chi connectivity index (χ2v) is 4.55. The van der Waals surface area contributed by atoms with E-state index in [-0.39, 0.29) is 5.75 Å². The van der Waals surface area contributed by atoms with E-state index in [1.54, 1.807) is 6.07 Å². The summed E-state index contributed by atoms with van der Waals surface area (Å²) in [6, 6.07) is 5.61. The molecule has 0 saturated carbocycles. The Bertz CT molecular complexity index is 403.